The van der Waals surface area contributed by atoms with Gasteiger partial charge in [0.2, 0.25) is 11.8 Å². The second kappa shape index (κ2) is 58.8. The molecule has 49 nitrogen and oxygen atoms in total. The number of ether oxygens (including phenoxy) is 15. The van der Waals surface area contributed by atoms with Gasteiger partial charge in [0.1, 0.15) is 121 Å². The number of amides is 4. The average Bonchev–Trinajstić information content (AvgIpc) is 1.74. The molecule has 8 fully saturated rings. The van der Waals surface area contributed by atoms with Crippen molar-refractivity contribution >= 4 is 59.1 Å². The summed E-state index contributed by atoms with van der Waals surface area (Å²) in [7, 11) is 0. The predicted molar refractivity (Wildman–Crippen MR) is 511 cm³/mol. The highest BCUT2D eigenvalue weighted by molar-refractivity contribution is 6.05. The van der Waals surface area contributed by atoms with Crippen LogP contribution in [0.5, 0.6) is 0 Å². The molecule has 2 aromatic heterocycles. The van der Waals surface area contributed by atoms with Crippen molar-refractivity contribution in [1.29, 1.82) is 0 Å². The molecule has 49 heteroatoms. The maximum absolute atomic E-state index is 14.5. The first-order chi connectivity index (χ1) is 71.6. The Hall–Kier alpha value is -9.18. The summed E-state index contributed by atoms with van der Waals surface area (Å²) in [4.78, 5) is 134. The van der Waals surface area contributed by atoms with Gasteiger partial charge in [-0.15, -0.1) is 10.2 Å². The topological polar surface area (TPSA) is 702 Å². The quantitative estimate of drug-likeness (QED) is 0.0266. The van der Waals surface area contributed by atoms with E-state index in [9.17, 15) is 119 Å². The van der Waals surface area contributed by atoms with Crippen LogP contribution in [0.25, 0.3) is 0 Å². The number of carboxylic acids is 4. The Balaban J connectivity index is 0.608. The van der Waals surface area contributed by atoms with Crippen LogP contribution >= 0.6 is 0 Å². The van der Waals surface area contributed by atoms with Crippen LogP contribution in [0.15, 0.2) is 60.9 Å². The maximum atomic E-state index is 14.5. The molecule has 4 aromatic rings. The zero-order valence-corrected chi connectivity index (χ0v) is 84.3. The van der Waals surface area contributed by atoms with E-state index in [1.807, 2.05) is 13.8 Å². The standard InChI is InChI=1S/C100H148N10O39/c1-5-57-41-59(67(113)27-17-29-101-91(125)63-23-13-15-25-65(63)93(127)128)43-69(87(57)148-99-85(123)83(121)79(117)53(3)140-99)144-97-77(89(81(119)73(49-111)146-97)142-71(95(131)132)39-55-19-9-7-10-20-55)103-75(115)47-109-45-61(105-107-109)51-138-37-35-136-33-31-135-32-34-137-36-38-139-52-62-46-110(108-106-62)48-76(116)104-78-90(143-72(96(133)134)40-56-21-11-8-12-22-56)82(120)74(50-112)147-98(78)145-70-44-60(42-58(6-2)88(70)149-100-86(124)84(122)80(118)54(4)141-100)68(114)28-18-30-102-92(126)64-24-14-16-26-66(64)94(129)130/h13-16,23-26,45-46,53-60,69-74,77-90,97-100,111-112,117-124H,5-12,17-22,27-44,47-52H2,1-4H3,(H,101,125)(H,102,126)(H,103,115)(H,104,116)(H,127,128)(H,129,130)(H,131,132)(H,133,134)/t53?,54?,57-,58-,59?,60?,69-,70-,71+,72+,73+,74+,77?,78?,79-,80-,81+,82+,83+,84+,85?,86?,87?,88?,89?,90?,97-,98-,99+,100+/m1/s1. The number of aliphatic carboxylic acids is 2. The van der Waals surface area contributed by atoms with Crippen LogP contribution in [0.2, 0.25) is 0 Å². The third-order valence-electron chi connectivity index (χ3n) is 29.1. The predicted octanol–water partition coefficient (Wildman–Crippen LogP) is 0.419. The fourth-order valence-corrected chi connectivity index (χ4v) is 20.9. The number of Topliss-reactive ketones (excluding diaryl/α,β-unsaturated/α-hetero) is 2. The van der Waals surface area contributed by atoms with E-state index in [0.29, 0.717) is 24.2 Å². The van der Waals surface area contributed by atoms with Crippen molar-refractivity contribution in [3.8, 4) is 0 Å². The Labute approximate surface area is 860 Å². The molecule has 4 saturated carbocycles. The number of rotatable bonds is 58. The summed E-state index contributed by atoms with van der Waals surface area (Å²) >= 11 is 0. The molecule has 4 aliphatic carbocycles. The van der Waals surface area contributed by atoms with Gasteiger partial charge >= 0.3 is 23.9 Å². The maximum Gasteiger partial charge on any atom is 0.336 e. The van der Waals surface area contributed by atoms with Gasteiger partial charge in [0, 0.05) is 37.8 Å². The first-order valence-corrected chi connectivity index (χ1v) is 51.8. The number of aromatic nitrogens is 6. The second-order valence-corrected chi connectivity index (χ2v) is 39.7. The van der Waals surface area contributed by atoms with Gasteiger partial charge < -0.3 is 164 Å². The fourth-order valence-electron chi connectivity index (χ4n) is 20.9. The molecule has 832 valence electrons. The van der Waals surface area contributed by atoms with Crippen LogP contribution in [0, 0.1) is 35.5 Å². The highest BCUT2D eigenvalue weighted by Crippen LogP contribution is 2.44. The SMILES string of the molecule is CC[C@@H]1CC(C(=O)CCCNC(=O)c2ccccc2C(=O)O)C[C@@H](O[C@@H]2O[C@@H](CO)[C@H](O)C(O[C@@H](CC3CCCCC3)C(=O)O)C2NC(=O)Cn2cc(COCCOCCOCCOCCOCc3cn(CC(=O)NC4C(O[C@@H](CC5CCCCC5)C(=O)O)[C@@H](O)[C@H](CO)O[C@H]4O[C@@H]4CC(C(=O)CCCNC(=O)c5ccccc5C(=O)O)C[C@@H](CC)C4O[C@@H]4OC(C)[C@@H](O)[C@H](O)C4O)nn3)nn2)C1O[C@@H]1OC(C)[C@@H](O)[C@H](O)C1O. The summed E-state index contributed by atoms with van der Waals surface area (Å²) in [6.07, 6.45) is -24.2. The summed E-state index contributed by atoms with van der Waals surface area (Å²) < 4.78 is 95.2. The number of aliphatic hydroxyl groups excluding tert-OH is 10. The van der Waals surface area contributed by atoms with E-state index >= 15 is 0 Å². The second-order valence-electron chi connectivity index (χ2n) is 39.7. The van der Waals surface area contributed by atoms with Crippen molar-refractivity contribution in [1.82, 2.24) is 51.3 Å². The molecule has 30 atom stereocenters. The molecule has 0 bridgehead atoms. The number of carbonyl (C=O) groups excluding carboxylic acids is 6. The third kappa shape index (κ3) is 33.4. The molecule has 4 amide bonds. The van der Waals surface area contributed by atoms with Crippen LogP contribution in [0.4, 0.5) is 0 Å². The number of nitrogens with one attached hydrogen (secondary N) is 4. The molecular formula is C100H148N10O39. The molecule has 18 N–H and O–H groups in total. The average molecular weight is 2110 g/mol. The molecule has 12 unspecified atom stereocenters. The summed E-state index contributed by atoms with van der Waals surface area (Å²) in [6, 6.07) is 8.16. The Morgan fingerprint density at radius 3 is 1.12 bits per heavy atom. The number of carbonyl (C=O) groups is 10. The fraction of sp³-hybridized carbons (Fsp3) is 0.740. The van der Waals surface area contributed by atoms with Crippen LogP contribution in [-0.2, 0) is 126 Å². The minimum Gasteiger partial charge on any atom is -0.479 e. The molecule has 4 saturated heterocycles. The molecule has 4 aliphatic heterocycles. The van der Waals surface area contributed by atoms with Crippen LogP contribution in [-0.4, -0.2) is 399 Å². The highest BCUT2D eigenvalue weighted by atomic mass is 16.8. The van der Waals surface area contributed by atoms with Crippen molar-refractivity contribution in [2.24, 2.45) is 35.5 Å². The first-order valence-electron chi connectivity index (χ1n) is 51.8. The summed E-state index contributed by atoms with van der Waals surface area (Å²) in [5.74, 6) is -11.6. The lowest BCUT2D eigenvalue weighted by Crippen LogP contribution is -2.67. The third-order valence-corrected chi connectivity index (χ3v) is 29.1. The molecule has 8 aliphatic rings. The lowest BCUT2D eigenvalue weighted by Gasteiger charge is -2.49. The van der Waals surface area contributed by atoms with E-state index < -0.39 is 257 Å². The van der Waals surface area contributed by atoms with Crippen molar-refractivity contribution in [2.75, 3.05) is 79.2 Å². The summed E-state index contributed by atoms with van der Waals surface area (Å²) in [6.45, 7) is 4.88. The highest BCUT2D eigenvalue weighted by Gasteiger charge is 2.57. The van der Waals surface area contributed by atoms with Crippen molar-refractivity contribution in [3.05, 3.63) is 94.6 Å². The van der Waals surface area contributed by atoms with E-state index in [0.717, 1.165) is 64.2 Å². The zero-order valence-electron chi connectivity index (χ0n) is 84.3. The van der Waals surface area contributed by atoms with Gasteiger partial charge in [0.25, 0.3) is 11.8 Å². The number of hydrogen-bond acceptors (Lipinski definition) is 39. The van der Waals surface area contributed by atoms with Gasteiger partial charge in [-0.2, -0.15) is 0 Å². The lowest BCUT2D eigenvalue weighted by atomic mass is 9.74. The van der Waals surface area contributed by atoms with Crippen molar-refractivity contribution < 1.29 is 190 Å². The summed E-state index contributed by atoms with van der Waals surface area (Å²) in [5, 5.41) is 180. The van der Waals surface area contributed by atoms with Crippen molar-refractivity contribution in [3.63, 3.8) is 0 Å². The number of nitrogens with zero attached hydrogens (tertiary/aromatic N) is 6. The van der Waals surface area contributed by atoms with E-state index in [-0.39, 0.29) is 189 Å². The van der Waals surface area contributed by atoms with Gasteiger partial charge in [0.15, 0.2) is 37.4 Å². The lowest BCUT2D eigenvalue weighted by molar-refractivity contribution is -0.338. The smallest absolute Gasteiger partial charge is 0.336 e. The van der Waals surface area contributed by atoms with Gasteiger partial charge in [-0.1, -0.05) is 126 Å². The molecule has 0 spiro atoms. The van der Waals surface area contributed by atoms with Crippen LogP contribution < -0.4 is 21.3 Å². The van der Waals surface area contributed by atoms with Gasteiger partial charge in [0.05, 0.1) is 151 Å². The van der Waals surface area contributed by atoms with Crippen molar-refractivity contribution in [2.45, 2.75) is 355 Å². The zero-order chi connectivity index (χ0) is 107. The van der Waals surface area contributed by atoms with Gasteiger partial charge in [-0.05, 0) is 113 Å². The van der Waals surface area contributed by atoms with E-state index in [4.69, 9.17) is 71.1 Å². The van der Waals surface area contributed by atoms with E-state index in [1.54, 1.807) is 0 Å². The minimum absolute atomic E-state index is 0.00874. The van der Waals surface area contributed by atoms with E-state index in [1.165, 1.54) is 84.1 Å². The Morgan fingerprint density at radius 2 is 0.779 bits per heavy atom. The Bertz CT molecular complexity index is 4600. The minimum atomic E-state index is -1.79. The molecular weight excluding hydrogens is 1970 g/mol. The molecule has 6 heterocycles. The first kappa shape index (κ1) is 118. The number of aliphatic hydroxyl groups is 10. The van der Waals surface area contributed by atoms with E-state index in [2.05, 4.69) is 41.9 Å². The number of aromatic carboxylic acids is 2. The Kier molecular flexibility index (Phi) is 46.7. The van der Waals surface area contributed by atoms with Crippen LogP contribution in [0.3, 0.4) is 0 Å². The van der Waals surface area contributed by atoms with Crippen LogP contribution in [0.1, 0.15) is 222 Å². The number of carboxylic acid groups (broad SMARTS) is 4. The number of ketones is 2. The normalized spacial score (nSPS) is 31.1. The van der Waals surface area contributed by atoms with Gasteiger partial charge in [-0.25, -0.2) is 28.5 Å². The largest absolute Gasteiger partial charge is 0.479 e. The summed E-state index contributed by atoms with van der Waals surface area (Å²) in [5.41, 5.74) is 0.0511. The monoisotopic (exact) mass is 2110 g/mol. The molecule has 12 rings (SSSR count). The number of hydrogen-bond donors (Lipinski definition) is 18. The molecule has 0 radical (unpaired) electrons. The molecule has 149 heavy (non-hydrogen) atoms. The molecule has 2 aromatic carbocycles. The number of benzene rings is 2. The Morgan fingerprint density at radius 1 is 0.423 bits per heavy atom. The van der Waals surface area contributed by atoms with Gasteiger partial charge in [-0.3, -0.25) is 28.8 Å².